The van der Waals surface area contributed by atoms with Crippen LogP contribution < -0.4 is 10.6 Å². The van der Waals surface area contributed by atoms with Crippen LogP contribution in [-0.2, 0) is 20.9 Å². The number of rotatable bonds is 9. The number of thiazole rings is 1. The van der Waals surface area contributed by atoms with Crippen molar-refractivity contribution in [2.75, 3.05) is 6.61 Å². The number of carbonyl (C=O) groups is 3. The molecule has 0 fully saturated rings. The summed E-state index contributed by atoms with van der Waals surface area (Å²) in [6, 6.07) is 14.9. The Bertz CT molecular complexity index is 1170. The zero-order valence-electron chi connectivity index (χ0n) is 18.0. The van der Waals surface area contributed by atoms with E-state index in [1.165, 1.54) is 11.3 Å². The van der Waals surface area contributed by atoms with Crippen molar-refractivity contribution >= 4 is 45.2 Å². The Hall–Kier alpha value is -3.24. The van der Waals surface area contributed by atoms with Gasteiger partial charge in [0.05, 0.1) is 6.54 Å². The van der Waals surface area contributed by atoms with Crippen molar-refractivity contribution in [3.63, 3.8) is 0 Å². The summed E-state index contributed by atoms with van der Waals surface area (Å²) in [6.45, 7) is 0.320. The molecule has 10 heteroatoms. The monoisotopic (exact) mass is 543 g/mol. The Kier molecular flexibility index (Phi) is 7.59. The molecule has 2 amide bonds. The molecule has 34 heavy (non-hydrogen) atoms. The highest BCUT2D eigenvalue weighted by Gasteiger charge is 2.30. The Balaban J connectivity index is 1.38. The van der Waals surface area contributed by atoms with E-state index < -0.39 is 24.0 Å². The standard InChI is InChI=1S/C24H22BrN3O5S/c25-23-27-12-14(34-23)11-26-22(31)20(9-10-21(29)30)28-24(32)33-13-19-17-7-3-1-5-15(17)16-6-2-4-8-18(16)19/h1-8,12,19-20H,9-11,13H2,(H,26,31)(H,28,32)(H,29,30). The molecule has 1 heterocycles. The number of hydrogen-bond acceptors (Lipinski definition) is 6. The Morgan fingerprint density at radius 3 is 2.32 bits per heavy atom. The van der Waals surface area contributed by atoms with E-state index in [9.17, 15) is 14.4 Å². The third-order valence-electron chi connectivity index (χ3n) is 5.56. The van der Waals surface area contributed by atoms with Gasteiger partial charge in [0.2, 0.25) is 5.91 Å². The molecule has 1 unspecified atom stereocenters. The maximum Gasteiger partial charge on any atom is 0.407 e. The number of halogens is 1. The quantitative estimate of drug-likeness (QED) is 0.370. The Labute approximate surface area is 208 Å². The van der Waals surface area contributed by atoms with Crippen LogP contribution in [0.2, 0.25) is 0 Å². The largest absolute Gasteiger partial charge is 0.481 e. The average Bonchev–Trinajstić information content (AvgIpc) is 3.39. The first kappa shape index (κ1) is 23.9. The average molecular weight is 544 g/mol. The molecule has 1 atom stereocenters. The van der Waals surface area contributed by atoms with E-state index in [1.54, 1.807) is 6.20 Å². The van der Waals surface area contributed by atoms with E-state index in [1.807, 2.05) is 48.5 Å². The summed E-state index contributed by atoms with van der Waals surface area (Å²) in [5.74, 6) is -1.66. The molecular formula is C24H22BrN3O5S. The lowest BCUT2D eigenvalue weighted by molar-refractivity contribution is -0.137. The van der Waals surface area contributed by atoms with Gasteiger partial charge in [-0.2, -0.15) is 0 Å². The Morgan fingerprint density at radius 2 is 1.74 bits per heavy atom. The van der Waals surface area contributed by atoms with Crippen molar-refractivity contribution < 1.29 is 24.2 Å². The second kappa shape index (κ2) is 10.8. The first-order valence-electron chi connectivity index (χ1n) is 10.6. The molecule has 3 N–H and O–H groups in total. The molecule has 0 spiro atoms. The van der Waals surface area contributed by atoms with Gasteiger partial charge in [0.15, 0.2) is 3.92 Å². The van der Waals surface area contributed by atoms with Gasteiger partial charge in [0, 0.05) is 23.4 Å². The number of carboxylic acid groups (broad SMARTS) is 1. The van der Waals surface area contributed by atoms with Crippen molar-refractivity contribution in [2.24, 2.45) is 0 Å². The fraction of sp³-hybridized carbons (Fsp3) is 0.250. The van der Waals surface area contributed by atoms with Crippen LogP contribution in [0.1, 0.15) is 34.8 Å². The molecule has 4 rings (SSSR count). The number of amides is 2. The van der Waals surface area contributed by atoms with Gasteiger partial charge < -0.3 is 20.5 Å². The van der Waals surface area contributed by atoms with Gasteiger partial charge in [-0.15, -0.1) is 11.3 Å². The number of fused-ring (bicyclic) bond motifs is 3. The number of carboxylic acids is 1. The molecule has 2 aromatic carbocycles. The van der Waals surface area contributed by atoms with Crippen LogP contribution in [0.25, 0.3) is 11.1 Å². The Morgan fingerprint density at radius 1 is 1.09 bits per heavy atom. The van der Waals surface area contributed by atoms with Gasteiger partial charge in [-0.05, 0) is 44.6 Å². The number of benzene rings is 2. The van der Waals surface area contributed by atoms with Gasteiger partial charge in [-0.1, -0.05) is 48.5 Å². The minimum atomic E-state index is -1.06. The summed E-state index contributed by atoms with van der Waals surface area (Å²) in [6.07, 6.45) is 0.527. The minimum Gasteiger partial charge on any atom is -0.481 e. The van der Waals surface area contributed by atoms with E-state index in [0.717, 1.165) is 27.1 Å². The molecular weight excluding hydrogens is 522 g/mol. The van der Waals surface area contributed by atoms with E-state index in [-0.39, 0.29) is 31.9 Å². The predicted molar refractivity (Wildman–Crippen MR) is 131 cm³/mol. The lowest BCUT2D eigenvalue weighted by atomic mass is 9.98. The van der Waals surface area contributed by atoms with Gasteiger partial charge in [-0.3, -0.25) is 9.59 Å². The van der Waals surface area contributed by atoms with Crippen LogP contribution in [-0.4, -0.2) is 40.7 Å². The highest BCUT2D eigenvalue weighted by molar-refractivity contribution is 9.11. The molecule has 0 saturated carbocycles. The van der Waals surface area contributed by atoms with E-state index in [2.05, 4.69) is 31.5 Å². The summed E-state index contributed by atoms with van der Waals surface area (Å²) < 4.78 is 6.19. The van der Waals surface area contributed by atoms with Crippen LogP contribution in [0.3, 0.4) is 0 Å². The number of aromatic nitrogens is 1. The van der Waals surface area contributed by atoms with Crippen LogP contribution in [0.15, 0.2) is 58.6 Å². The summed E-state index contributed by atoms with van der Waals surface area (Å²) >= 11 is 4.63. The first-order chi connectivity index (χ1) is 16.4. The molecule has 0 aliphatic heterocycles. The fourth-order valence-corrected chi connectivity index (χ4v) is 5.28. The summed E-state index contributed by atoms with van der Waals surface area (Å²) in [4.78, 5) is 41.2. The van der Waals surface area contributed by atoms with Crippen molar-refractivity contribution in [2.45, 2.75) is 31.3 Å². The number of hydrogen-bond donors (Lipinski definition) is 3. The molecule has 1 aromatic heterocycles. The third-order valence-corrected chi connectivity index (χ3v) is 7.04. The number of ether oxygens (including phenoxy) is 1. The van der Waals surface area contributed by atoms with Crippen molar-refractivity contribution in [1.29, 1.82) is 0 Å². The first-order valence-corrected chi connectivity index (χ1v) is 12.2. The maximum atomic E-state index is 12.7. The van der Waals surface area contributed by atoms with Gasteiger partial charge in [-0.25, -0.2) is 9.78 Å². The lowest BCUT2D eigenvalue weighted by Gasteiger charge is -2.19. The number of alkyl carbamates (subject to hydrolysis) is 1. The van der Waals surface area contributed by atoms with Crippen LogP contribution in [0, 0.1) is 0 Å². The molecule has 1 aliphatic carbocycles. The van der Waals surface area contributed by atoms with Gasteiger partial charge >= 0.3 is 12.1 Å². The summed E-state index contributed by atoms with van der Waals surface area (Å²) in [5, 5.41) is 14.3. The fourth-order valence-electron chi connectivity index (χ4n) is 3.98. The highest BCUT2D eigenvalue weighted by Crippen LogP contribution is 2.44. The van der Waals surface area contributed by atoms with Crippen molar-refractivity contribution in [1.82, 2.24) is 15.6 Å². The van der Waals surface area contributed by atoms with Crippen LogP contribution in [0.4, 0.5) is 4.79 Å². The number of carbonyl (C=O) groups excluding carboxylic acids is 2. The molecule has 0 bridgehead atoms. The molecule has 1 aliphatic rings. The van der Waals surface area contributed by atoms with Gasteiger partial charge in [0.25, 0.3) is 0 Å². The van der Waals surface area contributed by atoms with E-state index in [0.29, 0.717) is 3.92 Å². The lowest BCUT2D eigenvalue weighted by Crippen LogP contribution is -2.47. The van der Waals surface area contributed by atoms with E-state index in [4.69, 9.17) is 9.84 Å². The van der Waals surface area contributed by atoms with Gasteiger partial charge in [0.1, 0.15) is 12.6 Å². The molecule has 0 saturated heterocycles. The van der Waals surface area contributed by atoms with E-state index >= 15 is 0 Å². The topological polar surface area (TPSA) is 118 Å². The zero-order valence-corrected chi connectivity index (χ0v) is 20.4. The summed E-state index contributed by atoms with van der Waals surface area (Å²) in [5.41, 5.74) is 4.38. The highest BCUT2D eigenvalue weighted by atomic mass is 79.9. The summed E-state index contributed by atoms with van der Waals surface area (Å²) in [7, 11) is 0. The maximum absolute atomic E-state index is 12.7. The molecule has 3 aromatic rings. The zero-order chi connectivity index (χ0) is 24.1. The minimum absolute atomic E-state index is 0.0578. The molecule has 0 radical (unpaired) electrons. The second-order valence-electron chi connectivity index (χ2n) is 7.75. The predicted octanol–water partition coefficient (Wildman–Crippen LogP) is 4.29. The van der Waals surface area contributed by atoms with Crippen molar-refractivity contribution in [3.8, 4) is 11.1 Å². The third kappa shape index (κ3) is 5.63. The van der Waals surface area contributed by atoms with Crippen LogP contribution in [0.5, 0.6) is 0 Å². The molecule has 176 valence electrons. The van der Waals surface area contributed by atoms with Crippen molar-refractivity contribution in [3.05, 3.63) is 74.6 Å². The SMILES string of the molecule is O=C(O)CCC(NC(=O)OCC1c2ccccc2-c2ccccc21)C(=O)NCc1cnc(Br)s1. The smallest absolute Gasteiger partial charge is 0.407 e. The second-order valence-corrected chi connectivity index (χ2v) is 10.1. The number of nitrogens with one attached hydrogen (secondary N) is 2. The van der Waals surface area contributed by atoms with Crippen LogP contribution >= 0.6 is 27.3 Å². The normalized spacial score (nSPS) is 13.0. The number of nitrogens with zero attached hydrogens (tertiary/aromatic N) is 1. The number of aliphatic carboxylic acids is 1. The molecule has 8 nitrogen and oxygen atoms in total.